The van der Waals surface area contributed by atoms with Crippen molar-refractivity contribution in [3.63, 3.8) is 0 Å². The van der Waals surface area contributed by atoms with E-state index >= 15 is 0 Å². The molecule has 0 saturated heterocycles. The van der Waals surface area contributed by atoms with Crippen molar-refractivity contribution in [2.24, 2.45) is 0 Å². The average molecular weight is 332 g/mol. The fourth-order valence-corrected chi connectivity index (χ4v) is 2.95. The molecule has 0 fully saturated rings. The summed E-state index contributed by atoms with van der Waals surface area (Å²) < 4.78 is 11.0. The van der Waals surface area contributed by atoms with Crippen molar-refractivity contribution in [2.45, 2.75) is 12.8 Å². The van der Waals surface area contributed by atoms with Crippen molar-refractivity contribution in [3.05, 3.63) is 40.1 Å². The third-order valence-electron chi connectivity index (χ3n) is 3.30. The minimum absolute atomic E-state index is 0.131. The van der Waals surface area contributed by atoms with Gasteiger partial charge < -0.3 is 24.7 Å². The predicted molar refractivity (Wildman–Crippen MR) is 83.0 cm³/mol. The van der Waals surface area contributed by atoms with E-state index in [0.717, 1.165) is 4.88 Å². The van der Waals surface area contributed by atoms with E-state index in [1.807, 2.05) is 17.5 Å². The summed E-state index contributed by atoms with van der Waals surface area (Å²) in [6.07, 6.45) is 0.883. The van der Waals surface area contributed by atoms with E-state index in [-0.39, 0.29) is 23.6 Å². The van der Waals surface area contributed by atoms with Gasteiger partial charge in [0.1, 0.15) is 0 Å². The van der Waals surface area contributed by atoms with Crippen LogP contribution in [-0.4, -0.2) is 25.1 Å². The number of anilines is 1. The molecule has 0 saturated carbocycles. The Morgan fingerprint density at radius 1 is 1.22 bits per heavy atom. The van der Waals surface area contributed by atoms with Gasteiger partial charge in [0.2, 0.25) is 5.91 Å². The van der Waals surface area contributed by atoms with Gasteiger partial charge in [-0.3, -0.25) is 4.79 Å². The monoisotopic (exact) mass is 332 g/mol. The van der Waals surface area contributed by atoms with Gasteiger partial charge in [0.15, 0.2) is 11.5 Å². The molecule has 0 bridgehead atoms. The highest BCUT2D eigenvalue weighted by atomic mass is 32.1. The molecule has 2 heterocycles. The topological polar surface area (TPSA) is 87.7 Å². The Morgan fingerprint density at radius 3 is 2.61 bits per heavy atom. The first-order valence-corrected chi connectivity index (χ1v) is 7.98. The summed E-state index contributed by atoms with van der Waals surface area (Å²) in [5.41, 5.74) is 0.0181. The van der Waals surface area contributed by atoms with E-state index in [0.29, 0.717) is 31.1 Å². The van der Waals surface area contributed by atoms with Crippen molar-refractivity contribution in [3.8, 4) is 11.5 Å². The molecule has 0 aliphatic carbocycles. The highest BCUT2D eigenvalue weighted by Gasteiger charge is 2.17. The van der Waals surface area contributed by atoms with Crippen molar-refractivity contribution in [1.82, 2.24) is 0 Å². The molecule has 0 radical (unpaired) electrons. The van der Waals surface area contributed by atoms with Crippen LogP contribution in [0.3, 0.4) is 0 Å². The summed E-state index contributed by atoms with van der Waals surface area (Å²) in [4.78, 5) is 24.3. The zero-order valence-corrected chi connectivity index (χ0v) is 13.0. The number of thiophene rings is 1. The summed E-state index contributed by atoms with van der Waals surface area (Å²) in [5, 5.41) is 15.8. The van der Waals surface area contributed by atoms with Gasteiger partial charge in [0.25, 0.3) is 0 Å². The van der Waals surface area contributed by atoms with Crippen LogP contribution in [0, 0.1) is 0 Å². The lowest BCUT2D eigenvalue weighted by Gasteiger charge is -2.16. The Kier molecular flexibility index (Phi) is 4.47. The van der Waals surface area contributed by atoms with Crippen LogP contribution in [0.1, 0.15) is 21.7 Å². The second-order valence-corrected chi connectivity index (χ2v) is 6.02. The Bertz CT molecular complexity index is 726. The SMILES string of the molecule is O=C(Cc1cccs1)Nc1cc2c(cc1C(=O)[O-])OCCCO2. The number of ether oxygens (including phenoxy) is 2. The van der Waals surface area contributed by atoms with E-state index in [9.17, 15) is 14.7 Å². The van der Waals surface area contributed by atoms with Gasteiger partial charge in [-0.15, -0.1) is 11.3 Å². The van der Waals surface area contributed by atoms with Crippen LogP contribution in [0.5, 0.6) is 11.5 Å². The first-order chi connectivity index (χ1) is 11.1. The molecule has 7 heteroatoms. The van der Waals surface area contributed by atoms with Gasteiger partial charge in [0, 0.05) is 22.9 Å². The van der Waals surface area contributed by atoms with Crippen molar-refractivity contribution >= 4 is 28.9 Å². The Balaban J connectivity index is 1.86. The molecule has 2 aromatic rings. The van der Waals surface area contributed by atoms with Gasteiger partial charge >= 0.3 is 0 Å². The van der Waals surface area contributed by atoms with Crippen LogP contribution in [0.4, 0.5) is 5.69 Å². The summed E-state index contributed by atoms with van der Waals surface area (Å²) in [6.45, 7) is 0.920. The normalized spacial score (nSPS) is 13.2. The molecule has 120 valence electrons. The maximum atomic E-state index is 12.1. The molecule has 23 heavy (non-hydrogen) atoms. The molecule has 1 N–H and O–H groups in total. The van der Waals surface area contributed by atoms with Crippen LogP contribution in [0.15, 0.2) is 29.6 Å². The summed E-state index contributed by atoms with van der Waals surface area (Å²) in [7, 11) is 0. The number of aromatic carboxylic acids is 1. The zero-order chi connectivity index (χ0) is 16.2. The van der Waals surface area contributed by atoms with Gasteiger partial charge in [-0.05, 0) is 17.5 Å². The molecular formula is C16H14NO5S-. The highest BCUT2D eigenvalue weighted by molar-refractivity contribution is 7.10. The van der Waals surface area contributed by atoms with Crippen LogP contribution in [0.2, 0.25) is 0 Å². The standard InChI is InChI=1S/C16H15NO5S/c18-15(7-10-3-1-6-23-10)17-12-9-14-13(8-11(12)16(19)20)21-4-2-5-22-14/h1,3,6,8-9H,2,4-5,7H2,(H,17,18)(H,19,20)/p-1. The number of benzene rings is 1. The first-order valence-electron chi connectivity index (χ1n) is 7.10. The number of amides is 1. The molecule has 0 atom stereocenters. The number of rotatable bonds is 4. The number of carboxylic acids is 1. The summed E-state index contributed by atoms with van der Waals surface area (Å²) in [5.74, 6) is -0.923. The van der Waals surface area contributed by atoms with Crippen molar-refractivity contribution < 1.29 is 24.2 Å². The van der Waals surface area contributed by atoms with E-state index in [4.69, 9.17) is 9.47 Å². The van der Waals surface area contributed by atoms with Crippen LogP contribution >= 0.6 is 11.3 Å². The van der Waals surface area contributed by atoms with Crippen molar-refractivity contribution in [1.29, 1.82) is 0 Å². The average Bonchev–Trinajstić information content (AvgIpc) is 2.90. The largest absolute Gasteiger partial charge is 0.545 e. The molecule has 0 spiro atoms. The Labute approximate surface area is 136 Å². The van der Waals surface area contributed by atoms with E-state index in [1.54, 1.807) is 0 Å². The number of hydrogen-bond acceptors (Lipinski definition) is 6. The second kappa shape index (κ2) is 6.70. The molecule has 3 rings (SSSR count). The third-order valence-corrected chi connectivity index (χ3v) is 4.17. The molecule has 1 aliphatic rings. The number of carbonyl (C=O) groups is 2. The lowest BCUT2D eigenvalue weighted by molar-refractivity contribution is -0.254. The fraction of sp³-hybridized carbons (Fsp3) is 0.250. The number of carboxylic acid groups (broad SMARTS) is 1. The van der Waals surface area contributed by atoms with Gasteiger partial charge in [-0.25, -0.2) is 0 Å². The minimum Gasteiger partial charge on any atom is -0.545 e. The van der Waals surface area contributed by atoms with Crippen LogP contribution in [0.25, 0.3) is 0 Å². The Morgan fingerprint density at radius 2 is 1.96 bits per heavy atom. The number of carbonyl (C=O) groups excluding carboxylic acids is 2. The molecule has 0 unspecified atom stereocenters. The van der Waals surface area contributed by atoms with Crippen molar-refractivity contribution in [2.75, 3.05) is 18.5 Å². The second-order valence-electron chi connectivity index (χ2n) is 4.99. The van der Waals surface area contributed by atoms with Gasteiger partial charge in [0.05, 0.1) is 31.3 Å². The van der Waals surface area contributed by atoms with E-state index in [1.165, 1.54) is 23.5 Å². The smallest absolute Gasteiger partial charge is 0.229 e. The molecule has 1 aliphatic heterocycles. The lowest BCUT2D eigenvalue weighted by atomic mass is 10.1. The van der Waals surface area contributed by atoms with E-state index < -0.39 is 5.97 Å². The molecule has 1 aromatic carbocycles. The molecule has 1 amide bonds. The first kappa shape index (κ1) is 15.4. The predicted octanol–water partition coefficient (Wildman–Crippen LogP) is 1.45. The fourth-order valence-electron chi connectivity index (χ4n) is 2.25. The maximum absolute atomic E-state index is 12.1. The molecular weight excluding hydrogens is 318 g/mol. The van der Waals surface area contributed by atoms with Gasteiger partial charge in [-0.1, -0.05) is 6.07 Å². The molecule has 6 nitrogen and oxygen atoms in total. The highest BCUT2D eigenvalue weighted by Crippen LogP contribution is 2.35. The zero-order valence-electron chi connectivity index (χ0n) is 12.2. The number of fused-ring (bicyclic) bond motifs is 1. The minimum atomic E-state index is -1.38. The summed E-state index contributed by atoms with van der Waals surface area (Å²) >= 11 is 1.46. The van der Waals surface area contributed by atoms with Crippen LogP contribution < -0.4 is 19.9 Å². The third kappa shape index (κ3) is 3.62. The van der Waals surface area contributed by atoms with Gasteiger partial charge in [-0.2, -0.15) is 0 Å². The summed E-state index contributed by atoms with van der Waals surface area (Å²) in [6, 6.07) is 6.50. The quantitative estimate of drug-likeness (QED) is 0.916. The number of nitrogens with one attached hydrogen (secondary N) is 1. The molecule has 1 aromatic heterocycles. The number of hydrogen-bond donors (Lipinski definition) is 1. The van der Waals surface area contributed by atoms with E-state index in [2.05, 4.69) is 5.32 Å². The lowest BCUT2D eigenvalue weighted by Crippen LogP contribution is -2.25. The Hall–Kier alpha value is -2.54. The van der Waals surface area contributed by atoms with Crippen LogP contribution in [-0.2, 0) is 11.2 Å². The maximum Gasteiger partial charge on any atom is 0.229 e.